The SMILES string of the molecule is Cc1ccc2c3c1C(C)(C)C[Si]3(C)CCC2(C)C. The molecule has 0 saturated heterocycles. The normalized spacial score (nSPS) is 31.2. The van der Waals surface area contributed by atoms with Crippen molar-refractivity contribution < 1.29 is 0 Å². The number of hydrogen-bond acceptors (Lipinski definition) is 0. The van der Waals surface area contributed by atoms with Crippen molar-refractivity contribution in [1.82, 2.24) is 0 Å². The molecule has 1 unspecified atom stereocenters. The molecule has 0 nitrogen and oxygen atoms in total. The Morgan fingerprint density at radius 1 is 1.06 bits per heavy atom. The molecular weight excluding hydrogens is 232 g/mol. The molecule has 0 saturated carbocycles. The third-order valence-electron chi connectivity index (χ3n) is 5.56. The highest BCUT2D eigenvalue weighted by atomic mass is 28.3. The number of rotatable bonds is 0. The standard InChI is InChI=1S/C17H26Si/c1-12-7-8-13-15-14(12)17(4,5)11-18(15,6)10-9-16(13,2)3/h7-8H,9-11H2,1-6H3. The van der Waals surface area contributed by atoms with Gasteiger partial charge in [0.25, 0.3) is 0 Å². The van der Waals surface area contributed by atoms with Crippen LogP contribution in [0.25, 0.3) is 0 Å². The van der Waals surface area contributed by atoms with E-state index < -0.39 is 8.07 Å². The number of aryl methyl sites for hydroxylation is 1. The predicted molar refractivity (Wildman–Crippen MR) is 82.7 cm³/mol. The Morgan fingerprint density at radius 3 is 2.39 bits per heavy atom. The maximum Gasteiger partial charge on any atom is 0.0853 e. The van der Waals surface area contributed by atoms with Crippen molar-refractivity contribution in [3.63, 3.8) is 0 Å². The Labute approximate surface area is 113 Å². The summed E-state index contributed by atoms with van der Waals surface area (Å²) in [5.74, 6) is 0. The van der Waals surface area contributed by atoms with Crippen LogP contribution in [0.4, 0.5) is 0 Å². The number of benzene rings is 1. The van der Waals surface area contributed by atoms with E-state index in [4.69, 9.17) is 0 Å². The van der Waals surface area contributed by atoms with E-state index in [0.717, 1.165) is 0 Å². The Balaban J connectivity index is 2.39. The summed E-state index contributed by atoms with van der Waals surface area (Å²) in [6.45, 7) is 14.8. The zero-order chi connectivity index (χ0) is 13.3. The van der Waals surface area contributed by atoms with Crippen LogP contribution in [-0.4, -0.2) is 8.07 Å². The third kappa shape index (κ3) is 1.43. The first-order valence-corrected chi connectivity index (χ1v) is 10.2. The van der Waals surface area contributed by atoms with Crippen molar-refractivity contribution in [3.05, 3.63) is 28.8 Å². The van der Waals surface area contributed by atoms with E-state index >= 15 is 0 Å². The van der Waals surface area contributed by atoms with Crippen LogP contribution >= 0.6 is 0 Å². The van der Waals surface area contributed by atoms with Crippen LogP contribution in [0.15, 0.2) is 12.1 Å². The Bertz CT molecular complexity index is 525. The van der Waals surface area contributed by atoms with Crippen LogP contribution in [0.2, 0.25) is 18.6 Å². The zero-order valence-electron chi connectivity index (χ0n) is 12.8. The van der Waals surface area contributed by atoms with Gasteiger partial charge >= 0.3 is 0 Å². The summed E-state index contributed by atoms with van der Waals surface area (Å²) in [7, 11) is -1.19. The molecule has 18 heavy (non-hydrogen) atoms. The molecular formula is C17H26Si. The molecule has 0 radical (unpaired) electrons. The maximum absolute atomic E-state index is 2.64. The first-order valence-electron chi connectivity index (χ1n) is 7.32. The molecule has 2 aliphatic heterocycles. The Kier molecular flexibility index (Phi) is 2.29. The highest BCUT2D eigenvalue weighted by Gasteiger charge is 2.52. The van der Waals surface area contributed by atoms with E-state index in [-0.39, 0.29) is 0 Å². The summed E-state index contributed by atoms with van der Waals surface area (Å²) < 4.78 is 0. The van der Waals surface area contributed by atoms with Gasteiger partial charge in [-0.2, -0.15) is 0 Å². The zero-order valence-corrected chi connectivity index (χ0v) is 13.8. The molecule has 0 N–H and O–H groups in total. The van der Waals surface area contributed by atoms with Gasteiger partial charge in [0.2, 0.25) is 0 Å². The minimum absolute atomic E-state index is 0.394. The molecule has 0 bridgehead atoms. The van der Waals surface area contributed by atoms with Crippen LogP contribution in [0.5, 0.6) is 0 Å². The molecule has 0 aromatic heterocycles. The lowest BCUT2D eigenvalue weighted by Crippen LogP contribution is -2.51. The van der Waals surface area contributed by atoms with Crippen LogP contribution in [0.3, 0.4) is 0 Å². The lowest BCUT2D eigenvalue weighted by molar-refractivity contribution is 0.498. The molecule has 3 rings (SSSR count). The molecule has 2 heterocycles. The molecule has 1 atom stereocenters. The van der Waals surface area contributed by atoms with Gasteiger partial charge in [-0.3, -0.25) is 0 Å². The van der Waals surface area contributed by atoms with Crippen molar-refractivity contribution >= 4 is 13.3 Å². The van der Waals surface area contributed by atoms with Gasteiger partial charge in [0.15, 0.2) is 0 Å². The smallest absolute Gasteiger partial charge is 0.0652 e. The molecule has 2 aliphatic rings. The minimum Gasteiger partial charge on any atom is -0.0652 e. The summed E-state index contributed by atoms with van der Waals surface area (Å²) in [4.78, 5) is 0. The first-order chi connectivity index (χ1) is 8.17. The van der Waals surface area contributed by atoms with Gasteiger partial charge in [-0.15, -0.1) is 0 Å². The third-order valence-corrected chi connectivity index (χ3v) is 10.3. The summed E-state index contributed by atoms with van der Waals surface area (Å²) in [5, 5.41) is 1.85. The van der Waals surface area contributed by atoms with Crippen LogP contribution < -0.4 is 5.19 Å². The fourth-order valence-corrected chi connectivity index (χ4v) is 11.0. The van der Waals surface area contributed by atoms with E-state index in [2.05, 4.69) is 53.3 Å². The van der Waals surface area contributed by atoms with E-state index in [1.54, 1.807) is 11.1 Å². The van der Waals surface area contributed by atoms with Gasteiger partial charge < -0.3 is 0 Å². The second-order valence-electron chi connectivity index (χ2n) is 8.19. The van der Waals surface area contributed by atoms with Gasteiger partial charge in [0.1, 0.15) is 0 Å². The molecule has 0 spiro atoms. The van der Waals surface area contributed by atoms with Gasteiger partial charge in [-0.1, -0.05) is 57.6 Å². The predicted octanol–water partition coefficient (Wildman–Crippen LogP) is 4.25. The van der Waals surface area contributed by atoms with E-state index in [9.17, 15) is 0 Å². The Hall–Kier alpha value is -0.563. The Morgan fingerprint density at radius 2 is 1.72 bits per heavy atom. The summed E-state index contributed by atoms with van der Waals surface area (Å²) in [6, 6.07) is 7.78. The average molecular weight is 258 g/mol. The van der Waals surface area contributed by atoms with Crippen molar-refractivity contribution in [2.45, 2.75) is 70.5 Å². The highest BCUT2D eigenvalue weighted by molar-refractivity contribution is 6.93. The lowest BCUT2D eigenvalue weighted by Gasteiger charge is -2.40. The molecule has 1 aromatic rings. The lowest BCUT2D eigenvalue weighted by atomic mass is 9.76. The minimum atomic E-state index is -1.19. The van der Waals surface area contributed by atoms with Gasteiger partial charge in [-0.05, 0) is 46.9 Å². The topological polar surface area (TPSA) is 0 Å². The molecule has 0 fully saturated rings. The van der Waals surface area contributed by atoms with E-state index in [1.807, 2.05) is 5.19 Å². The van der Waals surface area contributed by atoms with Crippen molar-refractivity contribution in [1.29, 1.82) is 0 Å². The quantitative estimate of drug-likeness (QED) is 0.610. The fraction of sp³-hybridized carbons (Fsp3) is 0.647. The van der Waals surface area contributed by atoms with Crippen LogP contribution in [-0.2, 0) is 10.8 Å². The average Bonchev–Trinajstić information content (AvgIpc) is 2.45. The highest BCUT2D eigenvalue weighted by Crippen LogP contribution is 2.49. The number of hydrogen-bond donors (Lipinski definition) is 0. The largest absolute Gasteiger partial charge is 0.0853 e. The fourth-order valence-electron chi connectivity index (χ4n) is 4.86. The molecule has 1 aromatic carbocycles. The second kappa shape index (κ2) is 3.30. The monoisotopic (exact) mass is 258 g/mol. The van der Waals surface area contributed by atoms with Crippen LogP contribution in [0.1, 0.15) is 50.8 Å². The molecule has 0 aliphatic carbocycles. The molecule has 0 amide bonds. The molecule has 98 valence electrons. The summed E-state index contributed by atoms with van der Waals surface area (Å²) >= 11 is 0. The summed E-state index contributed by atoms with van der Waals surface area (Å²) in [5.41, 5.74) is 5.75. The van der Waals surface area contributed by atoms with Gasteiger partial charge in [-0.25, -0.2) is 0 Å². The van der Waals surface area contributed by atoms with Crippen molar-refractivity contribution in [3.8, 4) is 0 Å². The van der Waals surface area contributed by atoms with Gasteiger partial charge in [0.05, 0.1) is 8.07 Å². The van der Waals surface area contributed by atoms with E-state index in [0.29, 0.717) is 10.8 Å². The van der Waals surface area contributed by atoms with Crippen molar-refractivity contribution in [2.24, 2.45) is 0 Å². The van der Waals surface area contributed by atoms with Crippen LogP contribution in [0, 0.1) is 6.92 Å². The summed E-state index contributed by atoms with van der Waals surface area (Å²) in [6.07, 6.45) is 1.39. The first kappa shape index (κ1) is 12.5. The van der Waals surface area contributed by atoms with E-state index in [1.165, 1.54) is 24.1 Å². The van der Waals surface area contributed by atoms with Gasteiger partial charge in [0, 0.05) is 0 Å². The maximum atomic E-state index is 2.64. The molecule has 1 heteroatoms. The van der Waals surface area contributed by atoms with Crippen molar-refractivity contribution in [2.75, 3.05) is 0 Å². The second-order valence-corrected chi connectivity index (χ2v) is 12.7.